The molecule has 31 heavy (non-hydrogen) atoms. The van der Waals surface area contributed by atoms with E-state index in [1.165, 1.54) is 0 Å². The van der Waals surface area contributed by atoms with Gasteiger partial charge in [0.25, 0.3) is 0 Å². The molecule has 0 unspecified atom stereocenters. The maximum atomic E-state index is 10.2. The van der Waals surface area contributed by atoms with Crippen molar-refractivity contribution in [1.29, 1.82) is 0 Å². The average molecular weight is 530 g/mol. The largest absolute Gasteiger partial charge is 2.00 e. The van der Waals surface area contributed by atoms with E-state index in [4.69, 9.17) is 20.4 Å². The third kappa shape index (κ3) is 13.7. The summed E-state index contributed by atoms with van der Waals surface area (Å²) < 4.78 is 0. The quantitative estimate of drug-likeness (QED) is 0.190. The smallest absolute Gasteiger partial charge is 0.550 e. The molecule has 0 heterocycles. The zero-order valence-electron chi connectivity index (χ0n) is 15.4. The molecule has 0 aromatic carbocycles. The number of carboxylic acids is 6. The van der Waals surface area contributed by atoms with Crippen LogP contribution in [0.3, 0.4) is 0 Å². The van der Waals surface area contributed by atoms with Gasteiger partial charge >= 0.3 is 113 Å². The van der Waals surface area contributed by atoms with Gasteiger partial charge in [0.2, 0.25) is 0 Å². The van der Waals surface area contributed by atoms with Crippen LogP contribution in [0.25, 0.3) is 0 Å². The number of rotatable bonds is 10. The van der Waals surface area contributed by atoms with Crippen LogP contribution in [-0.2, 0) is 28.8 Å². The van der Waals surface area contributed by atoms with Gasteiger partial charge in [0, 0.05) is 24.8 Å². The fraction of sp³-hybridized carbons (Fsp3) is 0.500. The fourth-order valence-corrected chi connectivity index (χ4v) is 1.39. The minimum absolute atomic E-state index is 0. The Morgan fingerprint density at radius 1 is 0.581 bits per heavy atom. The van der Waals surface area contributed by atoms with E-state index in [9.17, 15) is 59.4 Å². The Labute approximate surface area is 261 Å². The first-order valence-corrected chi connectivity index (χ1v) is 6.48. The number of hydrogen-bond acceptors (Lipinski definition) is 16. The zero-order valence-corrected chi connectivity index (χ0v) is 22.0. The SMILES string of the molecule is O=C([O-])C[C@](O)(C(=O)[O-])[C@H](O)C(=O)[O-].O=C([O-])C[C@](O)(C(=O)[O-])[C@H](O)C(=O)[O-].[Ca+2].[Ca+2].[Ca+2]. The Hall–Kier alpha value is 0.439. The predicted octanol–water partition coefficient (Wildman–Crippen LogP) is -13.7. The van der Waals surface area contributed by atoms with Gasteiger partial charge in [0.05, 0.1) is 23.9 Å². The number of aliphatic hydroxyl groups is 4. The summed E-state index contributed by atoms with van der Waals surface area (Å²) in [5, 5.41) is 95.5. The van der Waals surface area contributed by atoms with E-state index >= 15 is 0 Å². The third-order valence-electron chi connectivity index (χ3n) is 2.89. The van der Waals surface area contributed by atoms with Gasteiger partial charge in [-0.1, -0.05) is 0 Å². The molecule has 0 radical (unpaired) electrons. The van der Waals surface area contributed by atoms with Crippen molar-refractivity contribution in [1.82, 2.24) is 0 Å². The molecular weight excluding hydrogens is 520 g/mol. The molecule has 0 bridgehead atoms. The van der Waals surface area contributed by atoms with Crippen molar-refractivity contribution in [3.63, 3.8) is 0 Å². The normalized spacial score (nSPS) is 15.1. The summed E-state index contributed by atoms with van der Waals surface area (Å²) in [6, 6.07) is 0. The maximum Gasteiger partial charge on any atom is 2.00 e. The summed E-state index contributed by atoms with van der Waals surface area (Å²) in [6.45, 7) is 0. The number of carbonyl (C=O) groups is 6. The molecule has 0 aromatic rings. The Morgan fingerprint density at radius 3 is 0.871 bits per heavy atom. The van der Waals surface area contributed by atoms with Crippen LogP contribution in [0.5, 0.6) is 0 Å². The van der Waals surface area contributed by atoms with Gasteiger partial charge in [-0.3, -0.25) is 0 Å². The first kappa shape index (κ1) is 41.7. The molecule has 16 nitrogen and oxygen atoms in total. The topological polar surface area (TPSA) is 322 Å². The molecule has 0 saturated carbocycles. The molecule has 0 rings (SSSR count). The van der Waals surface area contributed by atoms with Gasteiger partial charge < -0.3 is 79.8 Å². The van der Waals surface area contributed by atoms with Gasteiger partial charge in [0.15, 0.2) is 0 Å². The molecule has 0 aliphatic rings. The van der Waals surface area contributed by atoms with Gasteiger partial charge in [-0.15, -0.1) is 0 Å². The number of aliphatic hydroxyl groups excluding tert-OH is 2. The third-order valence-corrected chi connectivity index (χ3v) is 2.89. The fourth-order valence-electron chi connectivity index (χ4n) is 1.39. The van der Waals surface area contributed by atoms with Crippen molar-refractivity contribution >= 4 is 149 Å². The molecule has 0 saturated heterocycles. The average Bonchev–Trinajstić information content (AvgIpc) is 2.51. The van der Waals surface area contributed by atoms with Gasteiger partial charge in [-0.2, -0.15) is 0 Å². The van der Waals surface area contributed by atoms with Gasteiger partial charge in [0.1, 0.15) is 23.4 Å². The van der Waals surface area contributed by atoms with E-state index in [0.717, 1.165) is 0 Å². The summed E-state index contributed by atoms with van der Waals surface area (Å²) >= 11 is 0. The van der Waals surface area contributed by atoms with Crippen molar-refractivity contribution in [2.24, 2.45) is 0 Å². The Morgan fingerprint density at radius 2 is 0.774 bits per heavy atom. The van der Waals surface area contributed by atoms with Crippen molar-refractivity contribution in [3.8, 4) is 0 Å². The van der Waals surface area contributed by atoms with Gasteiger partial charge in [-0.25, -0.2) is 0 Å². The second kappa shape index (κ2) is 17.9. The Balaban J connectivity index is -0.000000133. The first-order valence-electron chi connectivity index (χ1n) is 6.48. The molecule has 4 N–H and O–H groups in total. The first-order chi connectivity index (χ1) is 12.4. The second-order valence-electron chi connectivity index (χ2n) is 4.96. The molecule has 0 aliphatic carbocycles. The van der Waals surface area contributed by atoms with E-state index in [0.29, 0.717) is 0 Å². The molecule has 0 amide bonds. The Bertz CT molecular complexity index is 612. The van der Waals surface area contributed by atoms with E-state index in [2.05, 4.69) is 0 Å². The van der Waals surface area contributed by atoms with Crippen molar-refractivity contribution < 1.29 is 79.8 Å². The zero-order chi connectivity index (χ0) is 23.0. The summed E-state index contributed by atoms with van der Waals surface area (Å²) in [5.41, 5.74) is -6.92. The molecule has 0 spiro atoms. The molecule has 0 fully saturated rings. The number of carboxylic acid groups (broad SMARTS) is 6. The van der Waals surface area contributed by atoms with Crippen LogP contribution in [0.4, 0.5) is 0 Å². The van der Waals surface area contributed by atoms with E-state index in [1.807, 2.05) is 0 Å². The van der Waals surface area contributed by atoms with Crippen molar-refractivity contribution in [2.45, 2.75) is 36.3 Å². The maximum absolute atomic E-state index is 10.2. The number of carbonyl (C=O) groups excluding carboxylic acids is 6. The van der Waals surface area contributed by atoms with Crippen LogP contribution in [0.2, 0.25) is 0 Å². The van der Waals surface area contributed by atoms with Crippen molar-refractivity contribution in [2.75, 3.05) is 0 Å². The minimum atomic E-state index is -3.46. The predicted molar refractivity (Wildman–Crippen MR) is 78.5 cm³/mol. The van der Waals surface area contributed by atoms with Crippen molar-refractivity contribution in [3.05, 3.63) is 0 Å². The standard InChI is InChI=1S/2C6H8O8.3Ca/c2*7-2(8)1-6(14,5(12)13)3(9)4(10)11;;;/h2*3,9,14H,1H2,(H,7,8)(H,10,11)(H,12,13);;;/q;;3*+2/p-6/t2*3-,6-;;;/m11.../s1. The number of hydrogen-bond donors (Lipinski definition) is 4. The molecule has 0 aliphatic heterocycles. The van der Waals surface area contributed by atoms with E-state index < -0.39 is 72.1 Å². The number of aliphatic carboxylic acids is 6. The van der Waals surface area contributed by atoms with E-state index in [1.54, 1.807) is 0 Å². The molecule has 160 valence electrons. The summed E-state index contributed by atoms with van der Waals surface area (Å²) in [4.78, 5) is 60.3. The molecule has 4 atom stereocenters. The monoisotopic (exact) mass is 530 g/mol. The summed E-state index contributed by atoms with van der Waals surface area (Å²) in [5.74, 6) is -13.7. The Kier molecular flexibility index (Phi) is 24.0. The molecular formula is C12H10Ca3O16. The van der Waals surface area contributed by atoms with Crippen LogP contribution < -0.4 is 30.6 Å². The summed E-state index contributed by atoms with van der Waals surface area (Å²) in [7, 11) is 0. The minimum Gasteiger partial charge on any atom is -0.550 e. The van der Waals surface area contributed by atoms with Crippen LogP contribution in [-0.4, -0.2) is 193 Å². The van der Waals surface area contributed by atoms with Crippen LogP contribution in [0, 0.1) is 0 Å². The summed E-state index contributed by atoms with van der Waals surface area (Å²) in [6.07, 6.45) is -9.06. The molecule has 19 heteroatoms. The molecule has 0 aromatic heterocycles. The van der Waals surface area contributed by atoms with Crippen LogP contribution in [0.1, 0.15) is 12.8 Å². The van der Waals surface area contributed by atoms with Gasteiger partial charge in [-0.05, 0) is 0 Å². The van der Waals surface area contributed by atoms with E-state index in [-0.39, 0.29) is 113 Å². The second-order valence-corrected chi connectivity index (χ2v) is 4.96. The van der Waals surface area contributed by atoms with Crippen LogP contribution in [0.15, 0.2) is 0 Å². The van der Waals surface area contributed by atoms with Crippen LogP contribution >= 0.6 is 0 Å².